The molecule has 0 unspecified atom stereocenters. The zero-order valence-electron chi connectivity index (χ0n) is 14.2. The molecule has 0 aliphatic carbocycles. The second-order valence-corrected chi connectivity index (χ2v) is 6.70. The van der Waals surface area contributed by atoms with Crippen molar-refractivity contribution < 1.29 is 9.59 Å². The van der Waals surface area contributed by atoms with E-state index < -0.39 is 0 Å². The van der Waals surface area contributed by atoms with Gasteiger partial charge in [0.05, 0.1) is 6.54 Å². The number of aryl methyl sites for hydroxylation is 1. The predicted molar refractivity (Wildman–Crippen MR) is 102 cm³/mol. The van der Waals surface area contributed by atoms with E-state index in [1.54, 1.807) is 12.1 Å². The Morgan fingerprint density at radius 1 is 1.04 bits per heavy atom. The van der Waals surface area contributed by atoms with Crippen LogP contribution in [0.4, 0.5) is 5.69 Å². The highest BCUT2D eigenvalue weighted by Gasteiger charge is 2.14. The molecule has 2 rings (SSSR count). The van der Waals surface area contributed by atoms with E-state index in [1.165, 1.54) is 11.8 Å². The maximum Gasteiger partial charge on any atom is 0.244 e. The van der Waals surface area contributed by atoms with Crippen molar-refractivity contribution in [1.82, 2.24) is 4.90 Å². The number of carbonyl (C=O) groups excluding carboxylic acids is 2. The van der Waals surface area contributed by atoms with Crippen molar-refractivity contribution in [1.29, 1.82) is 0 Å². The number of halogens is 2. The number of rotatable bonds is 6. The Kier molecular flexibility index (Phi) is 6.85. The summed E-state index contributed by atoms with van der Waals surface area (Å²) in [4.78, 5) is 25.6. The summed E-state index contributed by atoms with van der Waals surface area (Å²) in [5, 5.41) is 4.03. The van der Waals surface area contributed by atoms with E-state index >= 15 is 0 Å². The van der Waals surface area contributed by atoms with Crippen LogP contribution in [0.25, 0.3) is 0 Å². The summed E-state index contributed by atoms with van der Waals surface area (Å²) in [6, 6.07) is 12.7. The minimum absolute atomic E-state index is 0.00508. The Morgan fingerprint density at radius 3 is 2.32 bits per heavy atom. The Labute approximate surface area is 157 Å². The zero-order valence-corrected chi connectivity index (χ0v) is 15.7. The highest BCUT2D eigenvalue weighted by Crippen LogP contribution is 2.20. The van der Waals surface area contributed by atoms with Gasteiger partial charge in [-0.2, -0.15) is 0 Å². The van der Waals surface area contributed by atoms with E-state index in [2.05, 4.69) is 5.32 Å². The van der Waals surface area contributed by atoms with Crippen molar-refractivity contribution >= 4 is 40.7 Å². The number of anilines is 1. The molecule has 132 valence electrons. The van der Waals surface area contributed by atoms with E-state index in [-0.39, 0.29) is 18.4 Å². The Balaban J connectivity index is 1.95. The number of amides is 2. The smallest absolute Gasteiger partial charge is 0.244 e. The molecule has 0 atom stereocenters. The van der Waals surface area contributed by atoms with Crippen LogP contribution in [0, 0.1) is 6.92 Å². The van der Waals surface area contributed by atoms with Crippen LogP contribution in [0.5, 0.6) is 0 Å². The minimum Gasteiger partial charge on any atom is -0.333 e. The summed E-state index contributed by atoms with van der Waals surface area (Å²) in [7, 11) is 0. The van der Waals surface area contributed by atoms with Gasteiger partial charge in [0.1, 0.15) is 0 Å². The van der Waals surface area contributed by atoms with Crippen molar-refractivity contribution in [3.8, 4) is 0 Å². The quantitative estimate of drug-likeness (QED) is 0.812. The van der Waals surface area contributed by atoms with E-state index in [0.717, 1.165) is 11.1 Å². The van der Waals surface area contributed by atoms with Gasteiger partial charge in [-0.05, 0) is 48.7 Å². The van der Waals surface area contributed by atoms with Crippen LogP contribution in [0.15, 0.2) is 42.5 Å². The molecule has 0 aliphatic rings. The fourth-order valence-electron chi connectivity index (χ4n) is 2.35. The van der Waals surface area contributed by atoms with Gasteiger partial charge in [0.25, 0.3) is 0 Å². The topological polar surface area (TPSA) is 49.4 Å². The molecule has 2 amide bonds. The predicted octanol–water partition coefficient (Wildman–Crippen LogP) is 4.33. The molecule has 2 aromatic carbocycles. The Bertz CT molecular complexity index is 761. The molecule has 0 spiro atoms. The number of hydrogen-bond donors (Lipinski definition) is 1. The molecule has 1 N–H and O–H groups in total. The number of nitrogens with zero attached hydrogens (tertiary/aromatic N) is 1. The summed E-state index contributed by atoms with van der Waals surface area (Å²) in [5.41, 5.74) is 2.62. The lowest BCUT2D eigenvalue weighted by Crippen LogP contribution is -2.38. The molecular weight excluding hydrogens is 359 g/mol. The minimum atomic E-state index is -0.253. The van der Waals surface area contributed by atoms with Crippen molar-refractivity contribution in [2.75, 3.05) is 18.4 Å². The summed E-state index contributed by atoms with van der Waals surface area (Å²) < 4.78 is 0. The van der Waals surface area contributed by atoms with E-state index in [0.29, 0.717) is 28.7 Å². The molecule has 0 fully saturated rings. The van der Waals surface area contributed by atoms with Gasteiger partial charge >= 0.3 is 0 Å². The summed E-state index contributed by atoms with van der Waals surface area (Å²) >= 11 is 11.8. The van der Waals surface area contributed by atoms with Gasteiger partial charge in [-0.25, -0.2) is 0 Å². The van der Waals surface area contributed by atoms with Gasteiger partial charge in [0.15, 0.2) is 0 Å². The SMILES string of the molecule is CC(=O)N(CCc1ccc(Cl)cc1)CC(=O)Nc1cc(Cl)ccc1C. The molecule has 0 saturated carbocycles. The number of hydrogen-bond acceptors (Lipinski definition) is 2. The summed E-state index contributed by atoms with van der Waals surface area (Å²) in [6.07, 6.45) is 0.653. The third-order valence-corrected chi connectivity index (χ3v) is 4.32. The molecule has 0 bridgehead atoms. The van der Waals surface area contributed by atoms with Crippen LogP contribution in [0.3, 0.4) is 0 Å². The summed E-state index contributed by atoms with van der Waals surface area (Å²) in [6.45, 7) is 3.79. The first-order valence-electron chi connectivity index (χ1n) is 7.91. The second kappa shape index (κ2) is 8.88. The maximum absolute atomic E-state index is 12.3. The molecule has 0 heterocycles. The van der Waals surface area contributed by atoms with Crippen LogP contribution in [0.1, 0.15) is 18.1 Å². The zero-order chi connectivity index (χ0) is 18.4. The van der Waals surface area contributed by atoms with E-state index in [1.807, 2.05) is 37.3 Å². The highest BCUT2D eigenvalue weighted by molar-refractivity contribution is 6.31. The molecule has 0 aromatic heterocycles. The molecular formula is C19H20Cl2N2O2. The number of carbonyl (C=O) groups is 2. The molecule has 4 nitrogen and oxygen atoms in total. The number of nitrogens with one attached hydrogen (secondary N) is 1. The lowest BCUT2D eigenvalue weighted by atomic mass is 10.1. The van der Waals surface area contributed by atoms with E-state index in [4.69, 9.17) is 23.2 Å². The molecule has 0 aliphatic heterocycles. The van der Waals surface area contributed by atoms with E-state index in [9.17, 15) is 9.59 Å². The van der Waals surface area contributed by atoms with Gasteiger partial charge in [-0.1, -0.05) is 41.4 Å². The summed E-state index contributed by atoms with van der Waals surface area (Å²) in [5.74, 6) is -0.399. The normalized spacial score (nSPS) is 10.4. The van der Waals surface area contributed by atoms with Gasteiger partial charge < -0.3 is 10.2 Å². The molecule has 0 saturated heterocycles. The fourth-order valence-corrected chi connectivity index (χ4v) is 2.65. The first-order valence-corrected chi connectivity index (χ1v) is 8.66. The number of benzene rings is 2. The standard InChI is InChI=1S/C19H20Cl2N2O2/c1-13-3-6-17(21)11-18(13)22-19(25)12-23(14(2)24)10-9-15-4-7-16(20)8-5-15/h3-8,11H,9-10,12H2,1-2H3,(H,22,25). The van der Waals surface area contributed by atoms with Gasteiger partial charge in [0.2, 0.25) is 11.8 Å². The van der Waals surface area contributed by atoms with Crippen molar-refractivity contribution in [2.45, 2.75) is 20.3 Å². The van der Waals surface area contributed by atoms with Crippen LogP contribution in [0.2, 0.25) is 10.0 Å². The maximum atomic E-state index is 12.3. The third-order valence-electron chi connectivity index (χ3n) is 3.84. The van der Waals surface area contributed by atoms with Crippen molar-refractivity contribution in [3.63, 3.8) is 0 Å². The van der Waals surface area contributed by atoms with Gasteiger partial charge in [-0.15, -0.1) is 0 Å². The second-order valence-electron chi connectivity index (χ2n) is 5.82. The average Bonchev–Trinajstić information content (AvgIpc) is 2.56. The van der Waals surface area contributed by atoms with Crippen LogP contribution in [-0.2, 0) is 16.0 Å². The average molecular weight is 379 g/mol. The molecule has 0 radical (unpaired) electrons. The highest BCUT2D eigenvalue weighted by atomic mass is 35.5. The van der Waals surface area contributed by atoms with Crippen molar-refractivity contribution in [3.05, 3.63) is 63.6 Å². The Morgan fingerprint density at radius 2 is 1.68 bits per heavy atom. The fraction of sp³-hybridized carbons (Fsp3) is 0.263. The van der Waals surface area contributed by atoms with Crippen LogP contribution in [-0.4, -0.2) is 29.8 Å². The largest absolute Gasteiger partial charge is 0.333 e. The first kappa shape index (κ1) is 19.3. The van der Waals surface area contributed by atoms with Crippen molar-refractivity contribution in [2.24, 2.45) is 0 Å². The Hall–Kier alpha value is -2.04. The molecule has 25 heavy (non-hydrogen) atoms. The molecule has 6 heteroatoms. The lowest BCUT2D eigenvalue weighted by molar-refractivity contribution is -0.132. The third kappa shape index (κ3) is 6.07. The van der Waals surface area contributed by atoms with Crippen LogP contribution >= 0.6 is 23.2 Å². The van der Waals surface area contributed by atoms with Gasteiger partial charge in [-0.3, -0.25) is 9.59 Å². The monoisotopic (exact) mass is 378 g/mol. The molecule has 2 aromatic rings. The lowest BCUT2D eigenvalue weighted by Gasteiger charge is -2.21. The van der Waals surface area contributed by atoms with Gasteiger partial charge in [0, 0.05) is 29.2 Å². The first-order chi connectivity index (χ1) is 11.8. The van der Waals surface area contributed by atoms with Crippen LogP contribution < -0.4 is 5.32 Å².